The van der Waals surface area contributed by atoms with Crippen molar-refractivity contribution in [1.29, 1.82) is 0 Å². The zero-order valence-corrected chi connectivity index (χ0v) is 12.9. The molecule has 2 heterocycles. The molecule has 120 valence electrons. The topological polar surface area (TPSA) is 50.8 Å². The molecule has 5 nitrogen and oxygen atoms in total. The van der Waals surface area contributed by atoms with Gasteiger partial charge in [0, 0.05) is 26.1 Å². The number of carbonyl (C=O) groups is 1. The van der Waals surface area contributed by atoms with Gasteiger partial charge in [-0.2, -0.15) is 0 Å². The number of carbonyl (C=O) groups excluding carboxylic acids is 1. The van der Waals surface area contributed by atoms with Crippen LogP contribution in [0.4, 0.5) is 4.39 Å². The van der Waals surface area contributed by atoms with Crippen LogP contribution >= 0.6 is 0 Å². The van der Waals surface area contributed by atoms with Gasteiger partial charge in [-0.05, 0) is 36.2 Å². The Labute approximate surface area is 129 Å². The molecule has 0 spiro atoms. The molecule has 0 unspecified atom stereocenters. The summed E-state index contributed by atoms with van der Waals surface area (Å²) in [5, 5.41) is 2.93. The summed E-state index contributed by atoms with van der Waals surface area (Å²) in [4.78, 5) is 14.1. The Kier molecular flexibility index (Phi) is 3.95. The zero-order valence-electron chi connectivity index (χ0n) is 12.9. The summed E-state index contributed by atoms with van der Waals surface area (Å²) < 4.78 is 25.2. The van der Waals surface area contributed by atoms with E-state index in [1.54, 1.807) is 19.1 Å². The van der Waals surface area contributed by atoms with Crippen molar-refractivity contribution < 1.29 is 18.7 Å². The number of alkyl halides is 1. The van der Waals surface area contributed by atoms with Gasteiger partial charge in [-0.3, -0.25) is 4.79 Å². The third kappa shape index (κ3) is 2.52. The van der Waals surface area contributed by atoms with Gasteiger partial charge in [0.1, 0.15) is 0 Å². The van der Waals surface area contributed by atoms with Gasteiger partial charge in [0.15, 0.2) is 11.5 Å². The van der Waals surface area contributed by atoms with E-state index >= 15 is 0 Å². The summed E-state index contributed by atoms with van der Waals surface area (Å²) in [5.74, 6) is 0.911. The van der Waals surface area contributed by atoms with Crippen LogP contribution in [0.25, 0.3) is 0 Å². The first-order chi connectivity index (χ1) is 10.6. The lowest BCUT2D eigenvalue weighted by atomic mass is 9.96. The lowest BCUT2D eigenvalue weighted by Crippen LogP contribution is -2.49. The SMILES string of the molecule is COc1cc2c(cc1OC)CN(C(=O)[C@]1(F)CCNC1)CC2. The molecule has 1 atom stereocenters. The molecule has 2 aliphatic heterocycles. The molecule has 1 N–H and O–H groups in total. The fraction of sp³-hybridized carbons (Fsp3) is 0.562. The Bertz CT molecular complexity index is 585. The van der Waals surface area contributed by atoms with E-state index in [0.717, 1.165) is 11.1 Å². The predicted octanol–water partition coefficient (Wildman–Crippen LogP) is 1.29. The Morgan fingerprint density at radius 3 is 2.55 bits per heavy atom. The van der Waals surface area contributed by atoms with Crippen molar-refractivity contribution >= 4 is 5.91 Å². The van der Waals surface area contributed by atoms with Crippen molar-refractivity contribution in [2.24, 2.45) is 0 Å². The Morgan fingerprint density at radius 2 is 1.95 bits per heavy atom. The fourth-order valence-corrected chi connectivity index (χ4v) is 3.18. The minimum atomic E-state index is -1.76. The molecule has 1 amide bonds. The van der Waals surface area contributed by atoms with E-state index in [2.05, 4.69) is 5.32 Å². The molecule has 1 aromatic rings. The molecule has 6 heteroatoms. The third-order valence-electron chi connectivity index (χ3n) is 4.49. The number of amides is 1. The monoisotopic (exact) mass is 308 g/mol. The van der Waals surface area contributed by atoms with Gasteiger partial charge in [-0.15, -0.1) is 0 Å². The van der Waals surface area contributed by atoms with Gasteiger partial charge < -0.3 is 19.7 Å². The standard InChI is InChI=1S/C16H21FN2O3/c1-21-13-7-11-3-6-19(9-12(11)8-14(13)22-2)15(20)16(17)4-5-18-10-16/h7-8,18H,3-6,9-10H2,1-2H3/t16-/m0/s1. The second-order valence-corrected chi connectivity index (χ2v) is 5.84. The van der Waals surface area contributed by atoms with Gasteiger partial charge in [0.2, 0.25) is 5.67 Å². The Balaban J connectivity index is 1.83. The number of nitrogens with zero attached hydrogens (tertiary/aromatic N) is 1. The summed E-state index contributed by atoms with van der Waals surface area (Å²) in [5.41, 5.74) is 0.361. The minimum Gasteiger partial charge on any atom is -0.493 e. The number of hydrogen-bond acceptors (Lipinski definition) is 4. The summed E-state index contributed by atoms with van der Waals surface area (Å²) >= 11 is 0. The summed E-state index contributed by atoms with van der Waals surface area (Å²) in [6, 6.07) is 3.82. The van der Waals surface area contributed by atoms with Crippen LogP contribution in [0.2, 0.25) is 0 Å². The van der Waals surface area contributed by atoms with E-state index in [-0.39, 0.29) is 13.0 Å². The van der Waals surface area contributed by atoms with Crippen LogP contribution in [0.5, 0.6) is 11.5 Å². The highest BCUT2D eigenvalue weighted by atomic mass is 19.1. The highest BCUT2D eigenvalue weighted by Crippen LogP contribution is 2.34. The molecule has 0 aliphatic carbocycles. The quantitative estimate of drug-likeness (QED) is 0.914. The van der Waals surface area contributed by atoms with Crippen LogP contribution in [0.3, 0.4) is 0 Å². The lowest BCUT2D eigenvalue weighted by molar-refractivity contribution is -0.143. The summed E-state index contributed by atoms with van der Waals surface area (Å²) in [6.45, 7) is 1.62. The first kappa shape index (κ1) is 15.1. The van der Waals surface area contributed by atoms with E-state index in [1.807, 2.05) is 12.1 Å². The van der Waals surface area contributed by atoms with Gasteiger partial charge >= 0.3 is 0 Å². The average molecular weight is 308 g/mol. The predicted molar refractivity (Wildman–Crippen MR) is 80.0 cm³/mol. The Morgan fingerprint density at radius 1 is 1.27 bits per heavy atom. The maximum absolute atomic E-state index is 14.6. The van der Waals surface area contributed by atoms with Crippen LogP contribution in [0.15, 0.2) is 12.1 Å². The third-order valence-corrected chi connectivity index (χ3v) is 4.49. The van der Waals surface area contributed by atoms with E-state index in [9.17, 15) is 9.18 Å². The maximum atomic E-state index is 14.6. The molecule has 0 radical (unpaired) electrons. The van der Waals surface area contributed by atoms with Crippen LogP contribution in [-0.2, 0) is 17.8 Å². The first-order valence-electron chi connectivity index (χ1n) is 7.50. The largest absolute Gasteiger partial charge is 0.493 e. The molecule has 2 aliphatic rings. The van der Waals surface area contributed by atoms with E-state index in [0.29, 0.717) is 37.6 Å². The highest BCUT2D eigenvalue weighted by Gasteiger charge is 2.44. The van der Waals surface area contributed by atoms with Crippen LogP contribution in [-0.4, -0.2) is 50.3 Å². The number of rotatable bonds is 3. The van der Waals surface area contributed by atoms with Crippen LogP contribution < -0.4 is 14.8 Å². The smallest absolute Gasteiger partial charge is 0.261 e. The molecule has 0 aromatic heterocycles. The van der Waals surface area contributed by atoms with Gasteiger partial charge in [-0.25, -0.2) is 4.39 Å². The molecule has 1 aromatic carbocycles. The number of ether oxygens (including phenoxy) is 2. The van der Waals surface area contributed by atoms with Crippen molar-refractivity contribution in [1.82, 2.24) is 10.2 Å². The van der Waals surface area contributed by atoms with Crippen molar-refractivity contribution in [3.05, 3.63) is 23.3 Å². The summed E-state index contributed by atoms with van der Waals surface area (Å²) in [6.07, 6.45) is 0.950. The van der Waals surface area contributed by atoms with Crippen LogP contribution in [0.1, 0.15) is 17.5 Å². The molecule has 3 rings (SSSR count). The lowest BCUT2D eigenvalue weighted by Gasteiger charge is -2.33. The van der Waals surface area contributed by atoms with Crippen LogP contribution in [0, 0.1) is 0 Å². The first-order valence-corrected chi connectivity index (χ1v) is 7.50. The molecular formula is C16H21FN2O3. The molecular weight excluding hydrogens is 287 g/mol. The summed E-state index contributed by atoms with van der Waals surface area (Å²) in [7, 11) is 3.18. The van der Waals surface area contributed by atoms with Crippen molar-refractivity contribution in [3.8, 4) is 11.5 Å². The second kappa shape index (κ2) is 5.76. The van der Waals surface area contributed by atoms with Gasteiger partial charge in [0.25, 0.3) is 5.91 Å². The molecule has 0 bridgehead atoms. The Hall–Kier alpha value is -1.82. The second-order valence-electron chi connectivity index (χ2n) is 5.84. The van der Waals surface area contributed by atoms with Gasteiger partial charge in [0.05, 0.1) is 14.2 Å². The number of fused-ring (bicyclic) bond motifs is 1. The van der Waals surface area contributed by atoms with Crippen molar-refractivity contribution in [2.75, 3.05) is 33.9 Å². The number of hydrogen-bond donors (Lipinski definition) is 1. The number of benzene rings is 1. The molecule has 1 fully saturated rings. The molecule has 1 saturated heterocycles. The number of halogens is 1. The van der Waals surface area contributed by atoms with E-state index in [4.69, 9.17) is 9.47 Å². The number of methoxy groups -OCH3 is 2. The fourth-order valence-electron chi connectivity index (χ4n) is 3.18. The van der Waals surface area contributed by atoms with E-state index < -0.39 is 11.6 Å². The van der Waals surface area contributed by atoms with Crippen molar-refractivity contribution in [3.63, 3.8) is 0 Å². The zero-order chi connectivity index (χ0) is 15.7. The normalized spacial score (nSPS) is 24.0. The maximum Gasteiger partial charge on any atom is 0.261 e. The number of nitrogens with one attached hydrogen (secondary N) is 1. The highest BCUT2D eigenvalue weighted by molar-refractivity contribution is 5.86. The average Bonchev–Trinajstić information content (AvgIpc) is 3.00. The minimum absolute atomic E-state index is 0.112. The van der Waals surface area contributed by atoms with Crippen molar-refractivity contribution in [2.45, 2.75) is 25.1 Å². The van der Waals surface area contributed by atoms with Gasteiger partial charge in [-0.1, -0.05) is 0 Å². The van der Waals surface area contributed by atoms with E-state index in [1.165, 1.54) is 0 Å². The molecule has 0 saturated carbocycles. The molecule has 22 heavy (non-hydrogen) atoms.